The van der Waals surface area contributed by atoms with E-state index in [2.05, 4.69) is 16.7 Å². The topological polar surface area (TPSA) is 85.2 Å². The molecule has 0 aliphatic carbocycles. The molecule has 24 heavy (non-hydrogen) atoms. The summed E-state index contributed by atoms with van der Waals surface area (Å²) in [5.74, 6) is -1.07. The smallest absolute Gasteiger partial charge is 0.238 e. The van der Waals surface area contributed by atoms with Gasteiger partial charge in [0.05, 0.1) is 19.2 Å². The summed E-state index contributed by atoms with van der Waals surface area (Å²) in [6.07, 6.45) is 0. The molecule has 0 aromatic heterocycles. The van der Waals surface area contributed by atoms with E-state index >= 15 is 0 Å². The van der Waals surface area contributed by atoms with Gasteiger partial charge in [-0.2, -0.15) is 5.26 Å². The molecular weight excluding hydrogens is 311 g/mol. The molecule has 6 nitrogen and oxygen atoms in total. The number of carbonyl (C=O) groups excluding carboxylic acids is 2. The minimum atomic E-state index is -0.950. The summed E-state index contributed by atoms with van der Waals surface area (Å²) in [4.78, 5) is 25.5. The number of likely N-dealkylation sites (N-methyl/N-ethyl adjacent to an activating group) is 1. The van der Waals surface area contributed by atoms with E-state index in [4.69, 9.17) is 0 Å². The average molecular weight is 334 g/mol. The third-order valence-electron chi connectivity index (χ3n) is 3.74. The highest BCUT2D eigenvalue weighted by molar-refractivity contribution is 5.92. The van der Waals surface area contributed by atoms with Crippen LogP contribution in [0.15, 0.2) is 24.3 Å². The molecule has 0 unspecified atom stereocenters. The van der Waals surface area contributed by atoms with E-state index in [9.17, 15) is 19.2 Å². The van der Waals surface area contributed by atoms with Gasteiger partial charge in [0.2, 0.25) is 11.8 Å². The van der Waals surface area contributed by atoms with Crippen LogP contribution in [0.5, 0.6) is 0 Å². The molecule has 0 aliphatic rings. The normalized spacial score (nSPS) is 13.2. The number of rotatable bonds is 7. The molecule has 0 aliphatic heterocycles. The SMILES string of the molecule is CC(C)[C@](C)(C#N)NC(=O)CN(C)CC(=O)Nc1ccc(F)cc1. The monoisotopic (exact) mass is 334 g/mol. The van der Waals surface area contributed by atoms with Crippen molar-refractivity contribution in [3.63, 3.8) is 0 Å². The second kappa shape index (κ2) is 8.41. The summed E-state index contributed by atoms with van der Waals surface area (Å²) in [6.45, 7) is 5.35. The van der Waals surface area contributed by atoms with Gasteiger partial charge < -0.3 is 10.6 Å². The molecule has 1 aromatic carbocycles. The number of nitrogens with one attached hydrogen (secondary N) is 2. The number of anilines is 1. The van der Waals surface area contributed by atoms with Crippen LogP contribution in [0.25, 0.3) is 0 Å². The first-order valence-corrected chi connectivity index (χ1v) is 7.62. The highest BCUT2D eigenvalue weighted by atomic mass is 19.1. The van der Waals surface area contributed by atoms with Crippen LogP contribution < -0.4 is 10.6 Å². The maximum Gasteiger partial charge on any atom is 0.238 e. The standard InChI is InChI=1S/C17H23FN4O2/c1-12(2)17(3,11-19)21-16(24)10-22(4)9-15(23)20-14-7-5-13(18)6-8-14/h5-8,12H,9-10H2,1-4H3,(H,20,23)(H,21,24)/t17-/m0/s1. The fourth-order valence-electron chi connectivity index (χ4n) is 1.91. The van der Waals surface area contributed by atoms with Gasteiger partial charge in [0.1, 0.15) is 11.4 Å². The fourth-order valence-corrected chi connectivity index (χ4v) is 1.91. The van der Waals surface area contributed by atoms with Crippen LogP contribution in [0.3, 0.4) is 0 Å². The van der Waals surface area contributed by atoms with Gasteiger partial charge in [-0.1, -0.05) is 13.8 Å². The summed E-state index contributed by atoms with van der Waals surface area (Å²) in [5, 5.41) is 14.5. The predicted molar refractivity (Wildman–Crippen MR) is 89.5 cm³/mol. The van der Waals surface area contributed by atoms with Crippen molar-refractivity contribution in [2.75, 3.05) is 25.5 Å². The first kappa shape index (κ1) is 19.6. The minimum Gasteiger partial charge on any atom is -0.337 e. The molecule has 1 rings (SSSR count). The van der Waals surface area contributed by atoms with Crippen molar-refractivity contribution in [1.82, 2.24) is 10.2 Å². The summed E-state index contributed by atoms with van der Waals surface area (Å²) >= 11 is 0. The van der Waals surface area contributed by atoms with Gasteiger partial charge in [-0.05, 0) is 44.2 Å². The molecular formula is C17H23FN4O2. The van der Waals surface area contributed by atoms with Crippen LogP contribution in [0, 0.1) is 23.1 Å². The van der Waals surface area contributed by atoms with Gasteiger partial charge in [0.25, 0.3) is 0 Å². The lowest BCUT2D eigenvalue weighted by Gasteiger charge is -2.28. The van der Waals surface area contributed by atoms with Crippen LogP contribution >= 0.6 is 0 Å². The molecule has 130 valence electrons. The van der Waals surface area contributed by atoms with E-state index in [1.165, 1.54) is 29.2 Å². The van der Waals surface area contributed by atoms with Crippen molar-refractivity contribution < 1.29 is 14.0 Å². The number of hydrogen-bond acceptors (Lipinski definition) is 4. The Hall–Kier alpha value is -2.46. The van der Waals surface area contributed by atoms with Crippen LogP contribution in [-0.2, 0) is 9.59 Å². The molecule has 0 radical (unpaired) electrons. The van der Waals surface area contributed by atoms with E-state index in [0.717, 1.165) is 0 Å². The molecule has 7 heteroatoms. The number of benzene rings is 1. The minimum absolute atomic E-state index is 0.00422. The van der Waals surface area contributed by atoms with Crippen LogP contribution in [0.2, 0.25) is 0 Å². The van der Waals surface area contributed by atoms with Gasteiger partial charge >= 0.3 is 0 Å². The molecule has 0 saturated heterocycles. The Balaban J connectivity index is 2.49. The zero-order chi connectivity index (χ0) is 18.3. The number of nitrogens with zero attached hydrogens (tertiary/aromatic N) is 2. The largest absolute Gasteiger partial charge is 0.337 e. The Morgan fingerprint density at radius 2 is 1.79 bits per heavy atom. The summed E-state index contributed by atoms with van der Waals surface area (Å²) in [6, 6.07) is 7.52. The highest BCUT2D eigenvalue weighted by Gasteiger charge is 2.30. The average Bonchev–Trinajstić information content (AvgIpc) is 2.48. The van der Waals surface area contributed by atoms with Crippen LogP contribution in [0.4, 0.5) is 10.1 Å². The maximum absolute atomic E-state index is 12.8. The number of hydrogen-bond donors (Lipinski definition) is 2. The van der Waals surface area contributed by atoms with Crippen molar-refractivity contribution in [2.45, 2.75) is 26.3 Å². The maximum atomic E-state index is 12.8. The predicted octanol–water partition coefficient (Wildman–Crippen LogP) is 1.75. The lowest BCUT2D eigenvalue weighted by molar-refractivity contribution is -0.124. The number of nitriles is 1. The molecule has 0 fully saturated rings. The van der Waals surface area contributed by atoms with Gasteiger partial charge in [-0.25, -0.2) is 4.39 Å². The number of carbonyl (C=O) groups is 2. The molecule has 0 saturated carbocycles. The highest BCUT2D eigenvalue weighted by Crippen LogP contribution is 2.14. The van der Waals surface area contributed by atoms with Crippen LogP contribution in [-0.4, -0.2) is 42.4 Å². The Bertz CT molecular complexity index is 624. The second-order valence-corrected chi connectivity index (χ2v) is 6.24. The van der Waals surface area contributed by atoms with E-state index in [1.54, 1.807) is 14.0 Å². The quantitative estimate of drug-likeness (QED) is 0.795. The van der Waals surface area contributed by atoms with Crippen molar-refractivity contribution in [2.24, 2.45) is 5.92 Å². The van der Waals surface area contributed by atoms with Gasteiger partial charge in [-0.15, -0.1) is 0 Å². The van der Waals surface area contributed by atoms with Crippen molar-refractivity contribution in [1.29, 1.82) is 5.26 Å². The molecule has 1 aromatic rings. The zero-order valence-electron chi connectivity index (χ0n) is 14.4. The van der Waals surface area contributed by atoms with Crippen molar-refractivity contribution in [3.05, 3.63) is 30.1 Å². The molecule has 0 heterocycles. The molecule has 2 N–H and O–H groups in total. The van der Waals surface area contributed by atoms with Gasteiger partial charge in [-0.3, -0.25) is 14.5 Å². The summed E-state index contributed by atoms with van der Waals surface area (Å²) in [7, 11) is 1.63. The Morgan fingerprint density at radius 3 is 2.29 bits per heavy atom. The molecule has 1 atom stereocenters. The zero-order valence-corrected chi connectivity index (χ0v) is 14.4. The molecule has 2 amide bonds. The van der Waals surface area contributed by atoms with Gasteiger partial charge in [0, 0.05) is 5.69 Å². The van der Waals surface area contributed by atoms with E-state index in [0.29, 0.717) is 5.69 Å². The lowest BCUT2D eigenvalue weighted by atomic mass is 9.90. The van der Waals surface area contributed by atoms with Crippen molar-refractivity contribution in [3.8, 4) is 6.07 Å². The Kier molecular flexibility index (Phi) is 6.86. The van der Waals surface area contributed by atoms with E-state index < -0.39 is 5.54 Å². The fraction of sp³-hybridized carbons (Fsp3) is 0.471. The van der Waals surface area contributed by atoms with Crippen molar-refractivity contribution >= 4 is 17.5 Å². The van der Waals surface area contributed by atoms with E-state index in [-0.39, 0.29) is 36.6 Å². The first-order valence-electron chi connectivity index (χ1n) is 7.62. The summed E-state index contributed by atoms with van der Waals surface area (Å²) in [5.41, 5.74) is -0.468. The number of amides is 2. The van der Waals surface area contributed by atoms with Crippen LogP contribution in [0.1, 0.15) is 20.8 Å². The van der Waals surface area contributed by atoms with E-state index in [1.807, 2.05) is 13.8 Å². The molecule has 0 spiro atoms. The number of halogens is 1. The lowest BCUT2D eigenvalue weighted by Crippen LogP contribution is -2.51. The third-order valence-corrected chi connectivity index (χ3v) is 3.74. The summed E-state index contributed by atoms with van der Waals surface area (Å²) < 4.78 is 12.8. The van der Waals surface area contributed by atoms with Gasteiger partial charge in [0.15, 0.2) is 0 Å². The second-order valence-electron chi connectivity index (χ2n) is 6.24. The first-order chi connectivity index (χ1) is 11.2. The Morgan fingerprint density at radius 1 is 1.25 bits per heavy atom. The molecule has 0 bridgehead atoms. The third kappa shape index (κ3) is 5.97. The Labute approximate surface area is 141 Å².